The molecule has 4 rings (SSSR count). The van der Waals surface area contributed by atoms with Crippen molar-refractivity contribution in [3.8, 4) is 0 Å². The summed E-state index contributed by atoms with van der Waals surface area (Å²) in [5.74, 6) is 0.438. The Morgan fingerprint density at radius 2 is 1.60 bits per heavy atom. The number of benzene rings is 2. The number of hydrogen-bond donors (Lipinski definition) is 1. The number of aromatic nitrogens is 2. The third kappa shape index (κ3) is 3.35. The predicted octanol–water partition coefficient (Wildman–Crippen LogP) is 4.24. The second-order valence-corrected chi connectivity index (χ2v) is 6.96. The minimum Gasteiger partial charge on any atom is -0.355 e. The van der Waals surface area contributed by atoms with Crippen LogP contribution in [-0.4, -0.2) is 29.0 Å². The largest absolute Gasteiger partial charge is 0.355 e. The maximum atomic E-state index is 12.9. The van der Waals surface area contributed by atoms with Gasteiger partial charge < -0.3 is 10.2 Å². The van der Waals surface area contributed by atoms with Crippen molar-refractivity contribution in [2.24, 2.45) is 0 Å². The number of halogens is 1. The van der Waals surface area contributed by atoms with Crippen LogP contribution in [0.2, 0.25) is 0 Å². The number of nitrogens with zero attached hydrogens (tertiary/aromatic N) is 3. The Bertz CT molecular complexity index is 920. The maximum Gasteiger partial charge on any atom is 0.278 e. The van der Waals surface area contributed by atoms with Gasteiger partial charge in [-0.1, -0.05) is 28.1 Å². The Morgan fingerprint density at radius 1 is 0.960 bits per heavy atom. The van der Waals surface area contributed by atoms with Gasteiger partial charge in [0.15, 0.2) is 11.5 Å². The van der Waals surface area contributed by atoms with Gasteiger partial charge in [-0.2, -0.15) is 0 Å². The SMILES string of the molecule is O=C(Nc1ccc(Br)cc1)c1nc2ccccc2nc1N1CCCC1. The van der Waals surface area contributed by atoms with Crippen molar-refractivity contribution >= 4 is 44.4 Å². The highest BCUT2D eigenvalue weighted by Crippen LogP contribution is 2.25. The molecule has 1 aliphatic rings. The van der Waals surface area contributed by atoms with Gasteiger partial charge in [-0.3, -0.25) is 4.79 Å². The first-order valence-electron chi connectivity index (χ1n) is 8.29. The summed E-state index contributed by atoms with van der Waals surface area (Å²) in [6.07, 6.45) is 2.23. The van der Waals surface area contributed by atoms with Crippen molar-refractivity contribution in [2.75, 3.05) is 23.3 Å². The fourth-order valence-corrected chi connectivity index (χ4v) is 3.28. The molecule has 25 heavy (non-hydrogen) atoms. The number of hydrogen-bond acceptors (Lipinski definition) is 4. The zero-order chi connectivity index (χ0) is 17.2. The first-order valence-corrected chi connectivity index (χ1v) is 9.09. The molecule has 5 nitrogen and oxygen atoms in total. The number of para-hydroxylation sites is 2. The molecule has 1 aliphatic heterocycles. The van der Waals surface area contributed by atoms with Crippen LogP contribution >= 0.6 is 15.9 Å². The average Bonchev–Trinajstić information content (AvgIpc) is 3.17. The van der Waals surface area contributed by atoms with Crippen molar-refractivity contribution in [1.82, 2.24) is 9.97 Å². The Kier molecular flexibility index (Phi) is 4.36. The molecular formula is C19H17BrN4O. The van der Waals surface area contributed by atoms with Crippen LogP contribution in [0.1, 0.15) is 23.3 Å². The molecule has 0 aliphatic carbocycles. The lowest BCUT2D eigenvalue weighted by atomic mass is 10.2. The maximum absolute atomic E-state index is 12.9. The van der Waals surface area contributed by atoms with Crippen LogP contribution < -0.4 is 10.2 Å². The second kappa shape index (κ2) is 6.80. The monoisotopic (exact) mass is 396 g/mol. The molecule has 0 spiro atoms. The van der Waals surface area contributed by atoms with Gasteiger partial charge in [-0.15, -0.1) is 0 Å². The van der Waals surface area contributed by atoms with Gasteiger partial charge >= 0.3 is 0 Å². The molecule has 1 saturated heterocycles. The standard InChI is InChI=1S/C19H17BrN4O/c20-13-7-9-14(10-8-13)21-19(25)17-18(24-11-3-4-12-24)23-16-6-2-1-5-15(16)22-17/h1-2,5-10H,3-4,11-12H2,(H,21,25). The quantitative estimate of drug-likeness (QED) is 0.718. The molecule has 6 heteroatoms. The molecule has 2 heterocycles. The normalized spacial score (nSPS) is 14.0. The van der Waals surface area contributed by atoms with Crippen LogP contribution in [-0.2, 0) is 0 Å². The summed E-state index contributed by atoms with van der Waals surface area (Å²) in [6.45, 7) is 1.82. The molecule has 0 atom stereocenters. The smallest absolute Gasteiger partial charge is 0.278 e. The van der Waals surface area contributed by atoms with Crippen LogP contribution in [0.25, 0.3) is 11.0 Å². The number of fused-ring (bicyclic) bond motifs is 1. The molecule has 0 saturated carbocycles. The third-order valence-electron chi connectivity index (χ3n) is 4.27. The van der Waals surface area contributed by atoms with E-state index in [1.165, 1.54) is 0 Å². The summed E-state index contributed by atoms with van der Waals surface area (Å²) >= 11 is 3.40. The molecule has 0 radical (unpaired) electrons. The van der Waals surface area contributed by atoms with Crippen molar-refractivity contribution in [3.05, 3.63) is 58.7 Å². The number of rotatable bonds is 3. The second-order valence-electron chi connectivity index (χ2n) is 6.04. The lowest BCUT2D eigenvalue weighted by molar-refractivity contribution is 0.102. The first-order chi connectivity index (χ1) is 12.2. The summed E-state index contributed by atoms with van der Waals surface area (Å²) in [7, 11) is 0. The summed E-state index contributed by atoms with van der Waals surface area (Å²) in [5.41, 5.74) is 2.65. The van der Waals surface area contributed by atoms with E-state index in [1.54, 1.807) is 0 Å². The minimum atomic E-state index is -0.234. The van der Waals surface area contributed by atoms with Crippen molar-refractivity contribution in [2.45, 2.75) is 12.8 Å². The molecule has 126 valence electrons. The Labute approximate surface area is 154 Å². The predicted molar refractivity (Wildman–Crippen MR) is 103 cm³/mol. The van der Waals surface area contributed by atoms with E-state index in [2.05, 4.69) is 31.1 Å². The average molecular weight is 397 g/mol. The van der Waals surface area contributed by atoms with Gasteiger partial charge in [0.05, 0.1) is 11.0 Å². The third-order valence-corrected chi connectivity index (χ3v) is 4.80. The van der Waals surface area contributed by atoms with Gasteiger partial charge in [-0.05, 0) is 49.2 Å². The van der Waals surface area contributed by atoms with E-state index in [9.17, 15) is 4.79 Å². The molecule has 1 fully saturated rings. The molecule has 0 unspecified atom stereocenters. The lowest BCUT2D eigenvalue weighted by Gasteiger charge is -2.19. The summed E-state index contributed by atoms with van der Waals surface area (Å²) in [5, 5.41) is 2.93. The molecule has 1 N–H and O–H groups in total. The van der Waals surface area contributed by atoms with E-state index in [0.717, 1.165) is 47.1 Å². The molecule has 3 aromatic rings. The molecule has 1 aromatic heterocycles. The van der Waals surface area contributed by atoms with Crippen LogP contribution in [0.4, 0.5) is 11.5 Å². The van der Waals surface area contributed by atoms with Gasteiger partial charge in [0.25, 0.3) is 5.91 Å². The number of amides is 1. The topological polar surface area (TPSA) is 58.1 Å². The van der Waals surface area contributed by atoms with Crippen LogP contribution in [0.3, 0.4) is 0 Å². The fourth-order valence-electron chi connectivity index (χ4n) is 3.02. The molecule has 2 aromatic carbocycles. The van der Waals surface area contributed by atoms with Crippen LogP contribution in [0, 0.1) is 0 Å². The highest BCUT2D eigenvalue weighted by atomic mass is 79.9. The van der Waals surface area contributed by atoms with E-state index in [4.69, 9.17) is 4.98 Å². The van der Waals surface area contributed by atoms with Gasteiger partial charge in [0, 0.05) is 23.2 Å². The van der Waals surface area contributed by atoms with Crippen molar-refractivity contribution < 1.29 is 4.79 Å². The van der Waals surface area contributed by atoms with Crippen LogP contribution in [0.15, 0.2) is 53.0 Å². The summed E-state index contributed by atoms with van der Waals surface area (Å²) in [4.78, 5) is 24.4. The van der Waals surface area contributed by atoms with Crippen molar-refractivity contribution in [3.63, 3.8) is 0 Å². The van der Waals surface area contributed by atoms with Gasteiger partial charge in [0.1, 0.15) is 0 Å². The number of nitrogens with one attached hydrogen (secondary N) is 1. The Balaban J connectivity index is 1.74. The van der Waals surface area contributed by atoms with E-state index < -0.39 is 0 Å². The minimum absolute atomic E-state index is 0.234. The van der Waals surface area contributed by atoms with E-state index >= 15 is 0 Å². The van der Waals surface area contributed by atoms with Crippen LogP contribution in [0.5, 0.6) is 0 Å². The highest BCUT2D eigenvalue weighted by Gasteiger charge is 2.23. The Morgan fingerprint density at radius 3 is 2.28 bits per heavy atom. The molecule has 1 amide bonds. The van der Waals surface area contributed by atoms with Gasteiger partial charge in [-0.25, -0.2) is 9.97 Å². The van der Waals surface area contributed by atoms with E-state index in [1.807, 2.05) is 48.5 Å². The summed E-state index contributed by atoms with van der Waals surface area (Å²) < 4.78 is 0.966. The summed E-state index contributed by atoms with van der Waals surface area (Å²) in [6, 6.07) is 15.1. The zero-order valence-electron chi connectivity index (χ0n) is 13.6. The highest BCUT2D eigenvalue weighted by molar-refractivity contribution is 9.10. The zero-order valence-corrected chi connectivity index (χ0v) is 15.2. The van der Waals surface area contributed by atoms with E-state index in [0.29, 0.717) is 11.5 Å². The first kappa shape index (κ1) is 16.0. The van der Waals surface area contributed by atoms with Crippen molar-refractivity contribution in [1.29, 1.82) is 0 Å². The van der Waals surface area contributed by atoms with E-state index in [-0.39, 0.29) is 5.91 Å². The molecular weight excluding hydrogens is 380 g/mol. The van der Waals surface area contributed by atoms with Gasteiger partial charge in [0.2, 0.25) is 0 Å². The Hall–Kier alpha value is -2.47. The number of carbonyl (C=O) groups is 1. The number of carbonyl (C=O) groups excluding carboxylic acids is 1. The molecule has 0 bridgehead atoms. The number of anilines is 2. The fraction of sp³-hybridized carbons (Fsp3) is 0.211. The lowest BCUT2D eigenvalue weighted by Crippen LogP contribution is -2.25.